The van der Waals surface area contributed by atoms with Gasteiger partial charge in [0.25, 0.3) is 0 Å². The molecule has 0 aliphatic carbocycles. The first-order valence-corrected chi connectivity index (χ1v) is 15.5. The number of hydrogen-bond acceptors (Lipinski definition) is 2. The molecular formula is H3F6KO2Si5. The normalized spacial score (nSPS) is 11.9. The van der Waals surface area contributed by atoms with Gasteiger partial charge < -0.3 is 8.92 Å². The van der Waals surface area contributed by atoms with E-state index in [1.54, 1.807) is 0 Å². The molecule has 0 bridgehead atoms. The van der Waals surface area contributed by atoms with E-state index in [4.69, 9.17) is 0 Å². The molecule has 2 nitrogen and oxygen atoms in total. The summed E-state index contributed by atoms with van der Waals surface area (Å²) in [7, 11) is -24.1. The fourth-order valence-corrected chi connectivity index (χ4v) is 33.6. The van der Waals surface area contributed by atoms with Gasteiger partial charge in [0.05, 0.1) is 0 Å². The quantitative estimate of drug-likeness (QED) is 0.385. The Labute approximate surface area is 124 Å². The van der Waals surface area contributed by atoms with Crippen molar-refractivity contribution in [2.45, 2.75) is 0 Å². The third kappa shape index (κ3) is 7.22. The molecule has 0 heterocycles. The first-order valence-electron chi connectivity index (χ1n) is 2.75. The van der Waals surface area contributed by atoms with Crippen molar-refractivity contribution in [3.8, 4) is 0 Å². The zero-order chi connectivity index (χ0) is 10.9. The summed E-state index contributed by atoms with van der Waals surface area (Å²) in [4.78, 5) is 0. The Kier molecular flexibility index (Phi) is 8.60. The molecular weight excluding hydrogens is 326 g/mol. The van der Waals surface area contributed by atoms with Crippen molar-refractivity contribution < 1.29 is 33.6 Å². The zero-order valence-corrected chi connectivity index (χ0v) is 11.2. The van der Waals surface area contributed by atoms with Crippen LogP contribution in [0.15, 0.2) is 0 Å². The average Bonchev–Trinajstić information content (AvgIpc) is 1.82. The molecule has 0 N–H and O–H groups in total. The van der Waals surface area contributed by atoms with E-state index in [2.05, 4.69) is 0 Å². The maximum atomic E-state index is 11.6. The van der Waals surface area contributed by atoms with Crippen LogP contribution in [-0.2, 0) is 8.92 Å². The molecule has 14 heteroatoms. The Bertz CT molecular complexity index is 205. The zero-order valence-electron chi connectivity index (χ0n) is 5.79. The molecule has 0 amide bonds. The average molecular weight is 329 g/mol. The number of halogens is 6. The second-order valence-electron chi connectivity index (χ2n) is 2.02. The van der Waals surface area contributed by atoms with Crippen molar-refractivity contribution in [2.24, 2.45) is 0 Å². The van der Waals surface area contributed by atoms with Crippen LogP contribution in [0.1, 0.15) is 0 Å². The summed E-state index contributed by atoms with van der Waals surface area (Å²) in [5.41, 5.74) is 0. The van der Waals surface area contributed by atoms with Crippen molar-refractivity contribution in [1.82, 2.24) is 0 Å². The molecule has 0 spiro atoms. The summed E-state index contributed by atoms with van der Waals surface area (Å²) in [6.07, 6.45) is 0. The molecule has 14 heavy (non-hydrogen) atoms. The number of rotatable bonds is 4. The summed E-state index contributed by atoms with van der Waals surface area (Å²) in [6, 6.07) is 0. The molecule has 0 unspecified atom stereocenters. The minimum atomic E-state index is -6.45. The van der Waals surface area contributed by atoms with Gasteiger partial charge in [-0.2, -0.15) is 0 Å². The van der Waals surface area contributed by atoms with Crippen LogP contribution in [0.2, 0.25) is 0 Å². The van der Waals surface area contributed by atoms with Gasteiger partial charge >= 0.3 is 84.0 Å². The van der Waals surface area contributed by atoms with Gasteiger partial charge in [0, 0.05) is 0 Å². The van der Waals surface area contributed by atoms with Gasteiger partial charge in [0.1, 0.15) is 0 Å². The van der Waals surface area contributed by atoms with Crippen LogP contribution in [0.25, 0.3) is 0 Å². The van der Waals surface area contributed by atoms with Crippen LogP contribution in [-0.4, -0.2) is 92.6 Å². The second kappa shape index (κ2) is 6.59. The molecule has 0 rings (SSSR count). The summed E-state index contributed by atoms with van der Waals surface area (Å²) in [5.74, 6) is 0. The maximum absolute atomic E-state index is 11.6. The van der Waals surface area contributed by atoms with Gasteiger partial charge in [0.15, 0.2) is 8.55 Å². The fraction of sp³-hybridized carbons (Fsp3) is 0. The number of hydrogen-bond donors (Lipinski definition) is 0. The van der Waals surface area contributed by atoms with Crippen LogP contribution in [0.5, 0.6) is 0 Å². The Morgan fingerprint density at radius 2 is 1.00 bits per heavy atom. The Morgan fingerprint density at radius 1 is 0.786 bits per heavy atom. The van der Waals surface area contributed by atoms with E-state index in [1.165, 1.54) is 0 Å². The molecule has 0 aromatic rings. The van der Waals surface area contributed by atoms with E-state index in [9.17, 15) is 33.6 Å². The van der Waals surface area contributed by atoms with Crippen molar-refractivity contribution >= 4 is 92.6 Å². The first-order chi connectivity index (χ1) is 5.55. The van der Waals surface area contributed by atoms with E-state index in [0.717, 1.165) is 0 Å². The molecule has 0 aliphatic rings. The van der Waals surface area contributed by atoms with Crippen LogP contribution in [0.3, 0.4) is 0 Å². The topological polar surface area (TPSA) is 34.1 Å². The van der Waals surface area contributed by atoms with E-state index in [1.807, 2.05) is 0 Å². The predicted octanol–water partition coefficient (Wildman–Crippen LogP) is -0.804. The minimum absolute atomic E-state index is 0. The molecule has 0 aromatic heterocycles. The molecule has 0 aliphatic heterocycles. The molecule has 0 aromatic carbocycles. The standard InChI is InChI=1S/F6H2O2Si5.K.H/c1-12(2,3)10(7)9-11(8)13(4,5)6;;/h9H2;;. The van der Waals surface area contributed by atoms with E-state index in [-0.39, 0.29) is 51.4 Å². The predicted molar refractivity (Wildman–Crippen MR) is 46.7 cm³/mol. The van der Waals surface area contributed by atoms with Gasteiger partial charge in [-0.3, -0.25) is 0 Å². The monoisotopic (exact) mass is 328 g/mol. The van der Waals surface area contributed by atoms with E-state index in [0.29, 0.717) is 0 Å². The summed E-state index contributed by atoms with van der Waals surface area (Å²) in [5, 5.41) is 0. The van der Waals surface area contributed by atoms with Crippen LogP contribution < -0.4 is 0 Å². The van der Waals surface area contributed by atoms with Gasteiger partial charge in [-0.15, -0.1) is 0 Å². The molecule has 0 saturated heterocycles. The van der Waals surface area contributed by atoms with Crippen molar-refractivity contribution in [3.05, 3.63) is 0 Å². The fourth-order valence-electron chi connectivity index (χ4n) is 0.346. The first kappa shape index (κ1) is 18.3. The molecule has 0 radical (unpaired) electrons. The summed E-state index contributed by atoms with van der Waals surface area (Å²) in [6.45, 7) is 0. The van der Waals surface area contributed by atoms with E-state index >= 15 is 0 Å². The Balaban J connectivity index is 0. The van der Waals surface area contributed by atoms with Crippen LogP contribution in [0, 0.1) is 0 Å². The third-order valence-corrected chi connectivity index (χ3v) is 31.1. The third-order valence-electron chi connectivity index (χ3n) is 0.953. The molecule has 0 saturated carbocycles. The van der Waals surface area contributed by atoms with E-state index < -0.39 is 41.2 Å². The van der Waals surface area contributed by atoms with Gasteiger partial charge in [0.2, 0.25) is 0 Å². The van der Waals surface area contributed by atoms with Gasteiger partial charge in [-0.1, -0.05) is 0 Å². The van der Waals surface area contributed by atoms with Gasteiger partial charge in [-0.25, -0.2) is 24.6 Å². The van der Waals surface area contributed by atoms with Crippen molar-refractivity contribution in [2.75, 3.05) is 0 Å². The molecule has 78 valence electrons. The van der Waals surface area contributed by atoms with Crippen LogP contribution in [0.4, 0.5) is 24.6 Å². The molecule has 0 atom stereocenters. The Morgan fingerprint density at radius 3 is 1.14 bits per heavy atom. The second-order valence-corrected chi connectivity index (χ2v) is 25.1. The Hall–Kier alpha value is 1.90. The van der Waals surface area contributed by atoms with Crippen molar-refractivity contribution in [1.29, 1.82) is 0 Å². The summed E-state index contributed by atoms with van der Waals surface area (Å²) >= 11 is 0. The van der Waals surface area contributed by atoms with Gasteiger partial charge in [-0.05, 0) is 0 Å². The van der Waals surface area contributed by atoms with Crippen molar-refractivity contribution in [3.63, 3.8) is 0 Å². The van der Waals surface area contributed by atoms with Crippen LogP contribution >= 0.6 is 0 Å². The summed E-state index contributed by atoms with van der Waals surface area (Å²) < 4.78 is 90.3. The molecule has 0 fully saturated rings. The SMILES string of the molecule is O=[Si]([SiH2][Si](=O)[Si](F)(F)F)[Si](F)(F)F.[KH].